The first-order valence-electron chi connectivity index (χ1n) is 11.3. The van der Waals surface area contributed by atoms with E-state index in [1.165, 1.54) is 12.1 Å². The number of halogens is 2. The average Bonchev–Trinajstić information content (AvgIpc) is 3.46. The Labute approximate surface area is 207 Å². The van der Waals surface area contributed by atoms with E-state index in [0.717, 1.165) is 16.9 Å². The van der Waals surface area contributed by atoms with E-state index in [1.807, 2.05) is 42.8 Å². The summed E-state index contributed by atoms with van der Waals surface area (Å²) in [7, 11) is 1.98. The highest BCUT2D eigenvalue weighted by atomic mass is 35.5. The fraction of sp³-hybridized carbons (Fsp3) is 0.292. The number of rotatable bonds is 8. The van der Waals surface area contributed by atoms with Crippen molar-refractivity contribution in [2.45, 2.75) is 19.8 Å². The zero-order chi connectivity index (χ0) is 24.4. The SMILES string of the molecule is CCOCCN(C)C1NC(=NCc2nc3ccc(Cl)cc3[nH]2)c2ncn(-c3cccc(F)c3)c2N1. The summed E-state index contributed by atoms with van der Waals surface area (Å²) in [6.07, 6.45) is 1.38. The van der Waals surface area contributed by atoms with Gasteiger partial charge in [0.2, 0.25) is 0 Å². The molecule has 3 heterocycles. The molecule has 1 aliphatic rings. The topological polar surface area (TPSA) is 95.4 Å². The van der Waals surface area contributed by atoms with Crippen LogP contribution in [0.5, 0.6) is 0 Å². The van der Waals surface area contributed by atoms with Crippen molar-refractivity contribution in [2.75, 3.05) is 32.1 Å². The van der Waals surface area contributed by atoms with Gasteiger partial charge in [-0.3, -0.25) is 14.5 Å². The molecule has 0 spiro atoms. The molecule has 0 radical (unpaired) electrons. The van der Waals surface area contributed by atoms with Crippen molar-refractivity contribution in [1.29, 1.82) is 0 Å². The van der Waals surface area contributed by atoms with Crippen LogP contribution in [-0.4, -0.2) is 63.4 Å². The Morgan fingerprint density at radius 2 is 2.11 bits per heavy atom. The van der Waals surface area contributed by atoms with Crippen LogP contribution < -0.4 is 10.6 Å². The molecule has 3 N–H and O–H groups in total. The molecule has 35 heavy (non-hydrogen) atoms. The summed E-state index contributed by atoms with van der Waals surface area (Å²) in [5, 5.41) is 7.53. The first-order valence-corrected chi connectivity index (χ1v) is 11.7. The number of nitrogens with one attached hydrogen (secondary N) is 3. The van der Waals surface area contributed by atoms with Gasteiger partial charge in [0, 0.05) is 18.2 Å². The van der Waals surface area contributed by atoms with Crippen molar-refractivity contribution in [3.8, 4) is 5.69 Å². The molecule has 1 aliphatic heterocycles. The Kier molecular flexibility index (Phi) is 6.67. The van der Waals surface area contributed by atoms with E-state index in [-0.39, 0.29) is 12.1 Å². The van der Waals surface area contributed by atoms with Gasteiger partial charge in [-0.1, -0.05) is 17.7 Å². The molecule has 1 unspecified atom stereocenters. The van der Waals surface area contributed by atoms with Gasteiger partial charge in [0.1, 0.15) is 29.5 Å². The third-order valence-corrected chi connectivity index (χ3v) is 5.97. The second kappa shape index (κ2) is 10.0. The molecule has 1 atom stereocenters. The van der Waals surface area contributed by atoms with Gasteiger partial charge in [-0.05, 0) is 50.4 Å². The van der Waals surface area contributed by atoms with Crippen LogP contribution in [0.2, 0.25) is 5.02 Å². The summed E-state index contributed by atoms with van der Waals surface area (Å²) in [6, 6.07) is 11.9. The number of nitrogens with zero attached hydrogens (tertiary/aromatic N) is 5. The maximum atomic E-state index is 13.9. The molecule has 2 aromatic carbocycles. The zero-order valence-electron chi connectivity index (χ0n) is 19.4. The fourth-order valence-electron chi connectivity index (χ4n) is 3.93. The van der Waals surface area contributed by atoms with Gasteiger partial charge in [-0.15, -0.1) is 0 Å². The fourth-order valence-corrected chi connectivity index (χ4v) is 4.10. The number of hydrogen-bond acceptors (Lipinski definition) is 6. The number of aliphatic imine (C=N–C) groups is 1. The largest absolute Gasteiger partial charge is 0.380 e. The van der Waals surface area contributed by atoms with Crippen molar-refractivity contribution >= 4 is 34.3 Å². The van der Waals surface area contributed by atoms with Crippen LogP contribution in [-0.2, 0) is 11.3 Å². The van der Waals surface area contributed by atoms with Crippen LogP contribution in [0.4, 0.5) is 10.2 Å². The predicted octanol–water partition coefficient (Wildman–Crippen LogP) is 3.75. The Morgan fingerprint density at radius 3 is 2.94 bits per heavy atom. The lowest BCUT2D eigenvalue weighted by Gasteiger charge is -2.34. The highest BCUT2D eigenvalue weighted by Crippen LogP contribution is 2.25. The van der Waals surface area contributed by atoms with Crippen molar-refractivity contribution in [3.63, 3.8) is 0 Å². The molecule has 0 amide bonds. The van der Waals surface area contributed by atoms with E-state index in [0.29, 0.717) is 54.4 Å². The minimum atomic E-state index is -0.317. The first-order chi connectivity index (χ1) is 17.0. The van der Waals surface area contributed by atoms with Crippen molar-refractivity contribution in [1.82, 2.24) is 29.7 Å². The third kappa shape index (κ3) is 5.00. The predicted molar refractivity (Wildman–Crippen MR) is 135 cm³/mol. The van der Waals surface area contributed by atoms with Crippen LogP contribution in [0.1, 0.15) is 18.4 Å². The third-order valence-electron chi connectivity index (χ3n) is 5.74. The minimum absolute atomic E-state index is 0.278. The minimum Gasteiger partial charge on any atom is -0.380 e. The number of benzene rings is 2. The van der Waals surface area contributed by atoms with Crippen molar-refractivity contribution in [2.24, 2.45) is 4.99 Å². The highest BCUT2D eigenvalue weighted by molar-refractivity contribution is 6.31. The molecule has 0 saturated carbocycles. The van der Waals surface area contributed by atoms with E-state index < -0.39 is 0 Å². The van der Waals surface area contributed by atoms with E-state index in [4.69, 9.17) is 21.3 Å². The van der Waals surface area contributed by atoms with Crippen molar-refractivity contribution < 1.29 is 9.13 Å². The second-order valence-electron chi connectivity index (χ2n) is 8.17. The van der Waals surface area contributed by atoms with Gasteiger partial charge in [0.15, 0.2) is 12.1 Å². The molecule has 9 nitrogen and oxygen atoms in total. The number of H-pyrrole nitrogens is 1. The number of likely N-dealkylation sites (N-methyl/N-ethyl adjacent to an activating group) is 1. The summed E-state index contributed by atoms with van der Waals surface area (Å²) < 4.78 is 21.3. The summed E-state index contributed by atoms with van der Waals surface area (Å²) in [6.45, 7) is 4.23. The standard InChI is InChI=1S/C24H26ClFN8O/c1-3-35-10-9-33(2)24-31-22(27-13-20-29-18-8-7-15(25)11-19(18)30-20)21-23(32-24)34(14-28-21)17-6-4-5-16(26)12-17/h4-8,11-12,14,24,32H,3,9-10,13H2,1-2H3,(H,27,31)(H,29,30). The maximum Gasteiger partial charge on any atom is 0.157 e. The Hall–Kier alpha value is -3.47. The van der Waals surface area contributed by atoms with Crippen LogP contribution in [0.25, 0.3) is 16.7 Å². The summed E-state index contributed by atoms with van der Waals surface area (Å²) in [5.74, 6) is 1.73. The van der Waals surface area contributed by atoms with Gasteiger partial charge in [-0.25, -0.2) is 14.4 Å². The first kappa shape index (κ1) is 23.3. The number of ether oxygens (including phenoxy) is 1. The number of anilines is 1. The molecule has 2 aromatic heterocycles. The molecule has 182 valence electrons. The van der Waals surface area contributed by atoms with Gasteiger partial charge >= 0.3 is 0 Å². The number of amidine groups is 1. The lowest BCUT2D eigenvalue weighted by atomic mass is 10.2. The smallest absolute Gasteiger partial charge is 0.157 e. The van der Waals surface area contributed by atoms with Crippen LogP contribution >= 0.6 is 11.6 Å². The molecule has 0 aliphatic carbocycles. The summed E-state index contributed by atoms with van der Waals surface area (Å²) in [5.41, 5.74) is 2.99. The molecule has 11 heteroatoms. The van der Waals surface area contributed by atoms with E-state index in [1.54, 1.807) is 12.4 Å². The maximum absolute atomic E-state index is 13.9. The van der Waals surface area contributed by atoms with Crippen molar-refractivity contribution in [3.05, 3.63) is 71.2 Å². The number of fused-ring (bicyclic) bond motifs is 2. The lowest BCUT2D eigenvalue weighted by molar-refractivity contribution is 0.109. The monoisotopic (exact) mass is 496 g/mol. The average molecular weight is 497 g/mol. The molecule has 0 bridgehead atoms. The van der Waals surface area contributed by atoms with Crippen LogP contribution in [0.15, 0.2) is 53.8 Å². The number of aromatic nitrogens is 4. The normalized spacial score (nSPS) is 16.5. The van der Waals surface area contributed by atoms with E-state index >= 15 is 0 Å². The second-order valence-corrected chi connectivity index (χ2v) is 8.61. The van der Waals surface area contributed by atoms with Crippen LogP contribution in [0, 0.1) is 5.82 Å². The summed E-state index contributed by atoms with van der Waals surface area (Å²) in [4.78, 5) is 19.3. The number of aromatic amines is 1. The Bertz CT molecular complexity index is 1370. The number of hydrogen-bond donors (Lipinski definition) is 3. The van der Waals surface area contributed by atoms with Gasteiger partial charge in [-0.2, -0.15) is 0 Å². The quantitative estimate of drug-likeness (QED) is 0.321. The molecule has 4 aromatic rings. The van der Waals surface area contributed by atoms with Gasteiger partial charge in [0.25, 0.3) is 0 Å². The van der Waals surface area contributed by atoms with E-state index in [9.17, 15) is 4.39 Å². The van der Waals surface area contributed by atoms with Crippen LogP contribution in [0.3, 0.4) is 0 Å². The molecule has 0 fully saturated rings. The molecule has 0 saturated heterocycles. The Morgan fingerprint density at radius 1 is 1.23 bits per heavy atom. The number of imidazole rings is 2. The molecular formula is C24H26ClFN8O. The Balaban J connectivity index is 1.47. The highest BCUT2D eigenvalue weighted by Gasteiger charge is 2.29. The lowest BCUT2D eigenvalue weighted by Crippen LogP contribution is -2.55. The van der Waals surface area contributed by atoms with E-state index in [2.05, 4.69) is 30.5 Å². The molecule has 5 rings (SSSR count). The van der Waals surface area contributed by atoms with Gasteiger partial charge in [0.05, 0.1) is 29.9 Å². The zero-order valence-corrected chi connectivity index (χ0v) is 20.2. The summed E-state index contributed by atoms with van der Waals surface area (Å²) >= 11 is 6.10. The molecular weight excluding hydrogens is 471 g/mol. The van der Waals surface area contributed by atoms with Gasteiger partial charge < -0.3 is 20.4 Å².